The van der Waals surface area contributed by atoms with E-state index in [0.29, 0.717) is 34.5 Å². The molecule has 25 heavy (non-hydrogen) atoms. The number of nitrogens with zero attached hydrogens (tertiary/aromatic N) is 3. The summed E-state index contributed by atoms with van der Waals surface area (Å²) in [7, 11) is 2.09. The molecular formula is C18H21Cl2N3O2. The third-order valence-corrected chi connectivity index (χ3v) is 4.92. The van der Waals surface area contributed by atoms with Gasteiger partial charge < -0.3 is 14.2 Å². The minimum Gasteiger partial charge on any atom is -0.441 e. The number of halogens is 2. The predicted octanol–water partition coefficient (Wildman–Crippen LogP) is 3.75. The van der Waals surface area contributed by atoms with E-state index in [4.69, 9.17) is 27.6 Å². The van der Waals surface area contributed by atoms with Crippen LogP contribution in [0.2, 0.25) is 10.0 Å². The molecule has 0 saturated carbocycles. The largest absolute Gasteiger partial charge is 0.441 e. The molecular weight excluding hydrogens is 361 g/mol. The fourth-order valence-electron chi connectivity index (χ4n) is 2.91. The van der Waals surface area contributed by atoms with Gasteiger partial charge in [-0.25, -0.2) is 4.98 Å². The molecule has 2 aromatic rings. The summed E-state index contributed by atoms with van der Waals surface area (Å²) in [4.78, 5) is 20.9. The topological polar surface area (TPSA) is 49.6 Å². The number of hydrogen-bond donors (Lipinski definition) is 0. The van der Waals surface area contributed by atoms with Crippen molar-refractivity contribution < 1.29 is 9.21 Å². The second-order valence-electron chi connectivity index (χ2n) is 6.28. The predicted molar refractivity (Wildman–Crippen MR) is 99.0 cm³/mol. The fraction of sp³-hybridized carbons (Fsp3) is 0.444. The lowest BCUT2D eigenvalue weighted by Gasteiger charge is -2.20. The van der Waals surface area contributed by atoms with E-state index < -0.39 is 0 Å². The van der Waals surface area contributed by atoms with Crippen LogP contribution in [0, 0.1) is 0 Å². The molecule has 1 aliphatic heterocycles. The molecule has 1 fully saturated rings. The number of carbonyl (C=O) groups is 1. The molecule has 3 rings (SSSR count). The van der Waals surface area contributed by atoms with Crippen LogP contribution >= 0.6 is 23.2 Å². The highest BCUT2D eigenvalue weighted by Crippen LogP contribution is 2.30. The number of aryl methyl sites for hydroxylation is 1. The maximum Gasteiger partial charge on any atom is 0.223 e. The molecule has 1 amide bonds. The number of rotatable bonds is 4. The molecule has 0 radical (unpaired) electrons. The number of hydrogen-bond acceptors (Lipinski definition) is 4. The van der Waals surface area contributed by atoms with Crippen molar-refractivity contribution in [2.45, 2.75) is 19.3 Å². The quantitative estimate of drug-likeness (QED) is 0.808. The molecule has 0 N–H and O–H groups in total. The lowest BCUT2D eigenvalue weighted by Crippen LogP contribution is -2.34. The summed E-state index contributed by atoms with van der Waals surface area (Å²) in [5.74, 6) is 1.28. The van der Waals surface area contributed by atoms with E-state index in [9.17, 15) is 4.79 Å². The van der Waals surface area contributed by atoms with Gasteiger partial charge in [0.2, 0.25) is 5.91 Å². The minimum atomic E-state index is 0.152. The van der Waals surface area contributed by atoms with Crippen LogP contribution in [-0.4, -0.2) is 53.9 Å². The third-order valence-electron chi connectivity index (χ3n) is 4.38. The van der Waals surface area contributed by atoms with Gasteiger partial charge in [0.25, 0.3) is 0 Å². The van der Waals surface area contributed by atoms with E-state index in [1.807, 2.05) is 4.90 Å². The Labute approximate surface area is 157 Å². The Balaban J connectivity index is 1.59. The highest BCUT2D eigenvalue weighted by molar-refractivity contribution is 6.36. The van der Waals surface area contributed by atoms with E-state index in [2.05, 4.69) is 16.9 Å². The van der Waals surface area contributed by atoms with Crippen LogP contribution in [0.1, 0.15) is 18.7 Å². The summed E-state index contributed by atoms with van der Waals surface area (Å²) < 4.78 is 5.75. The average Bonchev–Trinajstić information content (AvgIpc) is 2.93. The standard InChI is InChI=1S/C18H21Cl2N3O2/c1-22-7-2-8-23(10-9-22)18(24)6-5-17-21-12-16(25-17)14-4-3-13(19)11-15(14)20/h3-4,11-12H,2,5-10H2,1H3. The maximum absolute atomic E-state index is 12.4. The Morgan fingerprint density at radius 1 is 1.24 bits per heavy atom. The van der Waals surface area contributed by atoms with Gasteiger partial charge in [0.15, 0.2) is 11.7 Å². The van der Waals surface area contributed by atoms with Crippen LogP contribution in [0.4, 0.5) is 0 Å². The van der Waals surface area contributed by atoms with Crippen LogP contribution in [0.3, 0.4) is 0 Å². The molecule has 5 nitrogen and oxygen atoms in total. The van der Waals surface area contributed by atoms with Crippen molar-refractivity contribution in [1.29, 1.82) is 0 Å². The molecule has 134 valence electrons. The molecule has 0 aliphatic carbocycles. The average molecular weight is 382 g/mol. The second kappa shape index (κ2) is 8.21. The summed E-state index contributed by atoms with van der Waals surface area (Å²) in [5, 5.41) is 1.09. The van der Waals surface area contributed by atoms with Crippen LogP contribution < -0.4 is 0 Å². The van der Waals surface area contributed by atoms with Gasteiger partial charge >= 0.3 is 0 Å². The summed E-state index contributed by atoms with van der Waals surface area (Å²) in [5.41, 5.74) is 0.742. The fourth-order valence-corrected chi connectivity index (χ4v) is 3.41. The lowest BCUT2D eigenvalue weighted by molar-refractivity contribution is -0.131. The Kier molecular flexibility index (Phi) is 5.99. The van der Waals surface area contributed by atoms with Gasteiger partial charge in [-0.1, -0.05) is 23.2 Å². The van der Waals surface area contributed by atoms with Gasteiger partial charge in [0, 0.05) is 43.1 Å². The molecule has 1 saturated heterocycles. The zero-order valence-corrected chi connectivity index (χ0v) is 15.7. The van der Waals surface area contributed by atoms with E-state index >= 15 is 0 Å². The smallest absolute Gasteiger partial charge is 0.223 e. The van der Waals surface area contributed by atoms with Gasteiger partial charge in [0.1, 0.15) is 0 Å². The number of aromatic nitrogens is 1. The van der Waals surface area contributed by atoms with E-state index in [0.717, 1.165) is 38.2 Å². The molecule has 0 unspecified atom stereocenters. The van der Waals surface area contributed by atoms with E-state index in [1.54, 1.807) is 24.4 Å². The Morgan fingerprint density at radius 3 is 2.88 bits per heavy atom. The van der Waals surface area contributed by atoms with Gasteiger partial charge in [-0.2, -0.15) is 0 Å². The minimum absolute atomic E-state index is 0.152. The van der Waals surface area contributed by atoms with Crippen molar-refractivity contribution in [2.75, 3.05) is 33.2 Å². The molecule has 7 heteroatoms. The van der Waals surface area contributed by atoms with Crippen molar-refractivity contribution in [3.63, 3.8) is 0 Å². The van der Waals surface area contributed by atoms with Crippen molar-refractivity contribution >= 4 is 29.1 Å². The first-order valence-corrected chi connectivity index (χ1v) is 9.15. The monoisotopic (exact) mass is 381 g/mol. The Hall–Kier alpha value is -1.56. The molecule has 1 aliphatic rings. The summed E-state index contributed by atoms with van der Waals surface area (Å²) >= 11 is 12.1. The van der Waals surface area contributed by atoms with Crippen LogP contribution in [0.5, 0.6) is 0 Å². The number of amides is 1. The van der Waals surface area contributed by atoms with Gasteiger partial charge in [-0.05, 0) is 38.2 Å². The van der Waals surface area contributed by atoms with Gasteiger partial charge in [-0.3, -0.25) is 4.79 Å². The van der Waals surface area contributed by atoms with E-state index in [-0.39, 0.29) is 5.91 Å². The van der Waals surface area contributed by atoms with Crippen molar-refractivity contribution in [2.24, 2.45) is 0 Å². The Morgan fingerprint density at radius 2 is 2.08 bits per heavy atom. The molecule has 2 heterocycles. The zero-order valence-electron chi connectivity index (χ0n) is 14.2. The first kappa shape index (κ1) is 18.2. The highest BCUT2D eigenvalue weighted by atomic mass is 35.5. The molecule has 1 aromatic heterocycles. The third kappa shape index (κ3) is 4.75. The molecule has 0 atom stereocenters. The van der Waals surface area contributed by atoms with Gasteiger partial charge in [-0.15, -0.1) is 0 Å². The maximum atomic E-state index is 12.4. The van der Waals surface area contributed by atoms with Gasteiger partial charge in [0.05, 0.1) is 11.2 Å². The Bertz CT molecular complexity index is 748. The molecule has 0 bridgehead atoms. The molecule has 1 aromatic carbocycles. The summed E-state index contributed by atoms with van der Waals surface area (Å²) in [6.45, 7) is 3.56. The number of benzene rings is 1. The number of likely N-dealkylation sites (N-methyl/N-ethyl adjacent to an activating group) is 1. The lowest BCUT2D eigenvalue weighted by atomic mass is 10.2. The first-order valence-electron chi connectivity index (χ1n) is 8.39. The summed E-state index contributed by atoms with van der Waals surface area (Å²) in [6.07, 6.45) is 3.53. The van der Waals surface area contributed by atoms with Crippen molar-refractivity contribution in [1.82, 2.24) is 14.8 Å². The highest BCUT2D eigenvalue weighted by Gasteiger charge is 2.18. The normalized spacial score (nSPS) is 16.0. The second-order valence-corrected chi connectivity index (χ2v) is 7.12. The molecule has 0 spiro atoms. The SMILES string of the molecule is CN1CCCN(C(=O)CCc2ncc(-c3ccc(Cl)cc3Cl)o2)CC1. The van der Waals surface area contributed by atoms with Crippen LogP contribution in [-0.2, 0) is 11.2 Å². The number of carbonyl (C=O) groups excluding carboxylic acids is 1. The first-order chi connectivity index (χ1) is 12.0. The summed E-state index contributed by atoms with van der Waals surface area (Å²) in [6, 6.07) is 5.22. The van der Waals surface area contributed by atoms with E-state index in [1.165, 1.54) is 0 Å². The zero-order chi connectivity index (χ0) is 17.8. The van der Waals surface area contributed by atoms with Crippen molar-refractivity contribution in [3.8, 4) is 11.3 Å². The van der Waals surface area contributed by atoms with Crippen molar-refractivity contribution in [3.05, 3.63) is 40.3 Å². The van der Waals surface area contributed by atoms with Crippen LogP contribution in [0.15, 0.2) is 28.8 Å². The van der Waals surface area contributed by atoms with Crippen LogP contribution in [0.25, 0.3) is 11.3 Å². The number of oxazole rings is 1.